The second-order valence-electron chi connectivity index (χ2n) is 6.53. The Balaban J connectivity index is 1.71. The Morgan fingerprint density at radius 2 is 1.90 bits per heavy atom. The first-order chi connectivity index (χ1) is 10.3. The minimum Gasteiger partial charge on any atom is -0.267 e. The first-order valence-electron chi connectivity index (χ1n) is 8.29. The molecule has 2 heterocycles. The Morgan fingerprint density at radius 3 is 2.71 bits per heavy atom. The molecule has 0 aliphatic heterocycles. The third-order valence-electron chi connectivity index (χ3n) is 5.05. The molecule has 0 bridgehead atoms. The zero-order valence-corrected chi connectivity index (χ0v) is 12.4. The summed E-state index contributed by atoms with van der Waals surface area (Å²) in [6.07, 6.45) is 12.5. The van der Waals surface area contributed by atoms with Crippen LogP contribution in [0.4, 0.5) is 0 Å². The van der Waals surface area contributed by atoms with Crippen LogP contribution in [0.5, 0.6) is 0 Å². The van der Waals surface area contributed by atoms with Gasteiger partial charge in [-0.3, -0.25) is 9.48 Å². The lowest BCUT2D eigenvalue weighted by Crippen LogP contribution is -2.26. The summed E-state index contributed by atoms with van der Waals surface area (Å²) >= 11 is 0. The van der Waals surface area contributed by atoms with Crippen LogP contribution in [0, 0.1) is 5.92 Å². The van der Waals surface area contributed by atoms with Crippen LogP contribution in [0.3, 0.4) is 0 Å². The molecule has 2 aliphatic rings. The summed E-state index contributed by atoms with van der Waals surface area (Å²) in [6.45, 7) is 0.900. The summed E-state index contributed by atoms with van der Waals surface area (Å²) in [5, 5.41) is 0. The van der Waals surface area contributed by atoms with E-state index in [2.05, 4.69) is 9.97 Å². The topological polar surface area (TPSA) is 52.2 Å². The predicted octanol–water partition coefficient (Wildman–Crippen LogP) is 2.35. The number of hydrogen-bond acceptors (Lipinski definition) is 3. The molecular formula is C16H22N4O. The fraction of sp³-hybridized carbons (Fsp3) is 0.688. The van der Waals surface area contributed by atoms with Gasteiger partial charge in [0.05, 0.1) is 5.69 Å². The van der Waals surface area contributed by atoms with E-state index in [1.807, 2.05) is 4.68 Å². The van der Waals surface area contributed by atoms with Gasteiger partial charge in [0.2, 0.25) is 0 Å². The number of aryl methyl sites for hydroxylation is 1. The highest BCUT2D eigenvalue weighted by Crippen LogP contribution is 2.24. The lowest BCUT2D eigenvalue weighted by molar-refractivity contribution is 0.364. The molecule has 0 radical (unpaired) electrons. The van der Waals surface area contributed by atoms with Crippen molar-refractivity contribution in [3.8, 4) is 0 Å². The van der Waals surface area contributed by atoms with E-state index < -0.39 is 0 Å². The SMILES string of the molecule is O=c1c2c(nc3ncn(CC4CCCCCC4)n13)CCC2. The normalized spacial score (nSPS) is 19.8. The van der Waals surface area contributed by atoms with Crippen molar-refractivity contribution in [2.75, 3.05) is 0 Å². The molecule has 0 saturated heterocycles. The largest absolute Gasteiger partial charge is 0.277 e. The van der Waals surface area contributed by atoms with Crippen LogP contribution < -0.4 is 5.56 Å². The zero-order valence-electron chi connectivity index (χ0n) is 12.4. The monoisotopic (exact) mass is 286 g/mol. The molecule has 0 N–H and O–H groups in total. The minimum atomic E-state index is 0.110. The molecule has 112 valence electrons. The van der Waals surface area contributed by atoms with Gasteiger partial charge in [-0.1, -0.05) is 25.7 Å². The van der Waals surface area contributed by atoms with Gasteiger partial charge in [0.15, 0.2) is 0 Å². The Kier molecular flexibility index (Phi) is 3.28. The van der Waals surface area contributed by atoms with E-state index in [-0.39, 0.29) is 5.56 Å². The summed E-state index contributed by atoms with van der Waals surface area (Å²) in [5.41, 5.74) is 1.99. The van der Waals surface area contributed by atoms with Crippen LogP contribution in [0.1, 0.15) is 56.2 Å². The van der Waals surface area contributed by atoms with Gasteiger partial charge in [-0.05, 0) is 38.0 Å². The van der Waals surface area contributed by atoms with Crippen molar-refractivity contribution in [1.29, 1.82) is 0 Å². The average molecular weight is 286 g/mol. The van der Waals surface area contributed by atoms with E-state index >= 15 is 0 Å². The van der Waals surface area contributed by atoms with Crippen molar-refractivity contribution in [2.24, 2.45) is 5.92 Å². The molecule has 0 unspecified atom stereocenters. The van der Waals surface area contributed by atoms with Gasteiger partial charge in [-0.2, -0.15) is 9.50 Å². The number of hydrogen-bond donors (Lipinski definition) is 0. The number of aromatic nitrogens is 4. The average Bonchev–Trinajstić information content (AvgIpc) is 3.02. The molecule has 0 amide bonds. The number of fused-ring (bicyclic) bond motifs is 2. The first-order valence-corrected chi connectivity index (χ1v) is 8.29. The maximum atomic E-state index is 12.7. The fourth-order valence-electron chi connectivity index (χ4n) is 3.89. The molecule has 4 rings (SSSR count). The van der Waals surface area contributed by atoms with Crippen LogP contribution in [0.25, 0.3) is 5.78 Å². The van der Waals surface area contributed by atoms with Crippen LogP contribution in [0.2, 0.25) is 0 Å². The van der Waals surface area contributed by atoms with E-state index in [0.717, 1.165) is 37.1 Å². The van der Waals surface area contributed by atoms with Gasteiger partial charge < -0.3 is 0 Å². The van der Waals surface area contributed by atoms with Gasteiger partial charge in [0, 0.05) is 12.1 Å². The minimum absolute atomic E-state index is 0.110. The van der Waals surface area contributed by atoms with Crippen molar-refractivity contribution in [2.45, 2.75) is 64.3 Å². The molecule has 2 aromatic rings. The van der Waals surface area contributed by atoms with Gasteiger partial charge in [0.1, 0.15) is 6.33 Å². The predicted molar refractivity (Wildman–Crippen MR) is 80.5 cm³/mol. The molecule has 0 aromatic carbocycles. The van der Waals surface area contributed by atoms with Crippen molar-refractivity contribution >= 4 is 5.78 Å². The molecule has 21 heavy (non-hydrogen) atoms. The van der Waals surface area contributed by atoms with Crippen molar-refractivity contribution in [3.63, 3.8) is 0 Å². The third-order valence-corrected chi connectivity index (χ3v) is 5.05. The fourth-order valence-corrected chi connectivity index (χ4v) is 3.89. The van der Waals surface area contributed by atoms with E-state index in [0.29, 0.717) is 11.7 Å². The van der Waals surface area contributed by atoms with Crippen LogP contribution in [0.15, 0.2) is 11.1 Å². The molecule has 0 spiro atoms. The quantitative estimate of drug-likeness (QED) is 0.796. The summed E-state index contributed by atoms with van der Waals surface area (Å²) in [7, 11) is 0. The number of rotatable bonds is 2. The van der Waals surface area contributed by atoms with Gasteiger partial charge in [-0.15, -0.1) is 0 Å². The smallest absolute Gasteiger partial charge is 0.267 e. The molecule has 5 heteroatoms. The Morgan fingerprint density at radius 1 is 1.10 bits per heavy atom. The summed E-state index contributed by atoms with van der Waals surface area (Å²) < 4.78 is 3.70. The third kappa shape index (κ3) is 2.28. The maximum Gasteiger partial charge on any atom is 0.277 e. The second-order valence-corrected chi connectivity index (χ2v) is 6.53. The zero-order chi connectivity index (χ0) is 14.2. The molecule has 5 nitrogen and oxygen atoms in total. The van der Waals surface area contributed by atoms with E-state index in [1.165, 1.54) is 38.5 Å². The van der Waals surface area contributed by atoms with E-state index in [9.17, 15) is 4.79 Å². The Bertz CT molecular complexity index is 707. The standard InChI is InChI=1S/C16H22N4O/c21-15-13-8-5-9-14(13)18-16-17-11-19(20(15)16)10-12-6-3-1-2-4-7-12/h11-12H,1-10H2. The second kappa shape index (κ2) is 5.28. The highest BCUT2D eigenvalue weighted by Gasteiger charge is 2.21. The Hall–Kier alpha value is -1.65. The van der Waals surface area contributed by atoms with E-state index in [4.69, 9.17) is 0 Å². The lowest BCUT2D eigenvalue weighted by Gasteiger charge is -2.15. The van der Waals surface area contributed by atoms with Crippen LogP contribution >= 0.6 is 0 Å². The lowest BCUT2D eigenvalue weighted by atomic mass is 10.0. The summed E-state index contributed by atoms with van der Waals surface area (Å²) in [5.74, 6) is 1.25. The molecular weight excluding hydrogens is 264 g/mol. The first kappa shape index (κ1) is 13.0. The molecule has 2 aliphatic carbocycles. The van der Waals surface area contributed by atoms with Crippen molar-refractivity contribution < 1.29 is 0 Å². The highest BCUT2D eigenvalue weighted by molar-refractivity contribution is 5.33. The van der Waals surface area contributed by atoms with Crippen molar-refractivity contribution in [1.82, 2.24) is 19.2 Å². The Labute approximate surface area is 124 Å². The summed E-state index contributed by atoms with van der Waals surface area (Å²) in [4.78, 5) is 21.6. The van der Waals surface area contributed by atoms with Gasteiger partial charge >= 0.3 is 0 Å². The summed E-state index contributed by atoms with van der Waals surface area (Å²) in [6, 6.07) is 0. The molecule has 1 fully saturated rings. The van der Waals surface area contributed by atoms with Crippen LogP contribution in [-0.2, 0) is 19.4 Å². The molecule has 1 saturated carbocycles. The highest BCUT2D eigenvalue weighted by atomic mass is 16.1. The number of nitrogens with zero attached hydrogens (tertiary/aromatic N) is 4. The van der Waals surface area contributed by atoms with Gasteiger partial charge in [0.25, 0.3) is 11.3 Å². The molecule has 2 aromatic heterocycles. The maximum absolute atomic E-state index is 12.7. The van der Waals surface area contributed by atoms with Crippen LogP contribution in [-0.4, -0.2) is 19.2 Å². The van der Waals surface area contributed by atoms with Crippen molar-refractivity contribution in [3.05, 3.63) is 27.9 Å². The van der Waals surface area contributed by atoms with E-state index in [1.54, 1.807) is 10.8 Å². The molecule has 0 atom stereocenters. The van der Waals surface area contributed by atoms with Gasteiger partial charge in [-0.25, -0.2) is 4.98 Å².